The Labute approximate surface area is 235 Å². The van der Waals surface area contributed by atoms with Gasteiger partial charge in [0, 0.05) is 13.1 Å². The normalized spacial score (nSPS) is 11.9. The van der Waals surface area contributed by atoms with E-state index in [0.29, 0.717) is 25.3 Å². The van der Waals surface area contributed by atoms with Gasteiger partial charge in [-0.1, -0.05) is 31.2 Å². The number of aryl methyl sites for hydroxylation is 1. The Balaban J connectivity index is 2.07. The molecule has 1 atom stereocenters. The number of nitrogens with zero attached hydrogens (tertiary/aromatic N) is 2. The smallest absolute Gasteiger partial charge is 0.264 e. The molecule has 3 aromatic carbocycles. The van der Waals surface area contributed by atoms with Crippen LogP contribution in [0.5, 0.6) is 5.75 Å². The highest BCUT2D eigenvalue weighted by Gasteiger charge is 2.33. The Hall–Kier alpha value is -3.92. The summed E-state index contributed by atoms with van der Waals surface area (Å²) in [5, 5.41) is 2.78. The first kappa shape index (κ1) is 30.6. The fraction of sp³-hybridized carbons (Fsp3) is 0.333. The van der Waals surface area contributed by atoms with E-state index >= 15 is 0 Å². The van der Waals surface area contributed by atoms with E-state index in [0.717, 1.165) is 39.7 Å². The van der Waals surface area contributed by atoms with Crippen molar-refractivity contribution in [1.29, 1.82) is 0 Å². The average Bonchev–Trinajstić information content (AvgIpc) is 2.93. The summed E-state index contributed by atoms with van der Waals surface area (Å²) in [5.74, 6) is -0.915. The molecule has 0 aliphatic carbocycles. The van der Waals surface area contributed by atoms with Crippen LogP contribution in [-0.2, 0) is 26.2 Å². The van der Waals surface area contributed by atoms with Gasteiger partial charge in [0.2, 0.25) is 11.8 Å². The van der Waals surface area contributed by atoms with E-state index in [1.165, 1.54) is 4.90 Å². The second kappa shape index (κ2) is 13.9. The number of sulfonamides is 1. The van der Waals surface area contributed by atoms with Gasteiger partial charge in [0.25, 0.3) is 10.0 Å². The quantitative estimate of drug-likeness (QED) is 0.323. The Morgan fingerprint density at radius 2 is 1.60 bits per heavy atom. The molecule has 0 heterocycles. The Bertz CT molecular complexity index is 1400. The molecule has 1 N–H and O–H groups in total. The third-order valence-corrected chi connectivity index (χ3v) is 8.24. The van der Waals surface area contributed by atoms with Crippen LogP contribution in [-0.4, -0.2) is 50.9 Å². The van der Waals surface area contributed by atoms with Crippen molar-refractivity contribution >= 4 is 27.5 Å². The van der Waals surface area contributed by atoms with Crippen LogP contribution in [0.4, 0.5) is 10.1 Å². The third kappa shape index (κ3) is 7.38. The molecule has 214 valence electrons. The van der Waals surface area contributed by atoms with Crippen LogP contribution in [0.25, 0.3) is 0 Å². The predicted octanol–water partition coefficient (Wildman–Crippen LogP) is 4.67. The van der Waals surface area contributed by atoms with Crippen LogP contribution in [0.1, 0.15) is 38.3 Å². The molecule has 3 rings (SSSR count). The van der Waals surface area contributed by atoms with Crippen LogP contribution < -0.4 is 14.4 Å². The molecule has 40 heavy (non-hydrogen) atoms. The van der Waals surface area contributed by atoms with E-state index < -0.39 is 34.3 Å². The van der Waals surface area contributed by atoms with E-state index in [9.17, 15) is 22.4 Å². The summed E-state index contributed by atoms with van der Waals surface area (Å²) in [5.41, 5.74) is 2.00. The molecule has 0 aromatic heterocycles. The number of nitrogens with one attached hydrogen (secondary N) is 1. The zero-order valence-corrected chi connectivity index (χ0v) is 24.1. The van der Waals surface area contributed by atoms with Gasteiger partial charge in [-0.25, -0.2) is 12.8 Å². The lowest BCUT2D eigenvalue weighted by atomic mass is 10.1. The van der Waals surface area contributed by atoms with E-state index in [2.05, 4.69) is 5.32 Å². The lowest BCUT2D eigenvalue weighted by Gasteiger charge is -2.33. The van der Waals surface area contributed by atoms with Gasteiger partial charge in [0.1, 0.15) is 24.2 Å². The minimum atomic E-state index is -4.29. The number of ether oxygens (including phenoxy) is 1. The number of halogens is 1. The highest BCUT2D eigenvalue weighted by atomic mass is 32.2. The van der Waals surface area contributed by atoms with Crippen LogP contribution in [0.3, 0.4) is 0 Å². The van der Waals surface area contributed by atoms with Gasteiger partial charge in [-0.2, -0.15) is 0 Å². The van der Waals surface area contributed by atoms with Crippen molar-refractivity contribution in [1.82, 2.24) is 10.2 Å². The maximum absolute atomic E-state index is 14.0. The molecule has 0 radical (unpaired) electrons. The first-order valence-corrected chi connectivity index (χ1v) is 14.7. The van der Waals surface area contributed by atoms with Crippen molar-refractivity contribution in [2.24, 2.45) is 0 Å². The number of anilines is 1. The number of amides is 2. The number of carbonyl (C=O) groups is 2. The second-order valence-corrected chi connectivity index (χ2v) is 11.0. The van der Waals surface area contributed by atoms with E-state index in [1.54, 1.807) is 38.1 Å². The zero-order valence-electron chi connectivity index (χ0n) is 23.3. The number of benzene rings is 3. The van der Waals surface area contributed by atoms with Crippen molar-refractivity contribution < 1.29 is 27.1 Å². The van der Waals surface area contributed by atoms with E-state index in [4.69, 9.17) is 4.74 Å². The Morgan fingerprint density at radius 1 is 0.950 bits per heavy atom. The second-order valence-electron chi connectivity index (χ2n) is 9.16. The van der Waals surface area contributed by atoms with Crippen LogP contribution in [0.15, 0.2) is 77.7 Å². The molecule has 0 unspecified atom stereocenters. The number of carbonyl (C=O) groups excluding carboxylic acids is 2. The van der Waals surface area contributed by atoms with Gasteiger partial charge in [0.15, 0.2) is 0 Å². The molecule has 0 aliphatic rings. The molecule has 2 amide bonds. The monoisotopic (exact) mass is 569 g/mol. The molecule has 0 saturated carbocycles. The number of likely N-dealkylation sites (N-methyl/N-ethyl adjacent to an activating group) is 1. The molecule has 0 saturated heterocycles. The lowest BCUT2D eigenvalue weighted by molar-refractivity contribution is -0.140. The highest BCUT2D eigenvalue weighted by Crippen LogP contribution is 2.27. The summed E-state index contributed by atoms with van der Waals surface area (Å²) in [4.78, 5) is 28.3. The van der Waals surface area contributed by atoms with Gasteiger partial charge >= 0.3 is 0 Å². The maximum Gasteiger partial charge on any atom is 0.264 e. The van der Waals surface area contributed by atoms with Crippen molar-refractivity contribution in [3.05, 3.63) is 89.7 Å². The van der Waals surface area contributed by atoms with Crippen molar-refractivity contribution in [2.45, 2.75) is 51.6 Å². The fourth-order valence-corrected chi connectivity index (χ4v) is 5.73. The maximum atomic E-state index is 14.0. The minimum absolute atomic E-state index is 0.120. The first-order chi connectivity index (χ1) is 19.1. The SMILES string of the molecule is CCNC(=O)[C@@H](CC)N(Cc1ccccc1C)C(=O)CN(c1ccc(OCC)cc1)S(=O)(=O)c1ccc(F)cc1. The topological polar surface area (TPSA) is 96.0 Å². The number of hydrogen-bond donors (Lipinski definition) is 1. The molecule has 0 aliphatic heterocycles. The summed E-state index contributed by atoms with van der Waals surface area (Å²) in [6.07, 6.45) is 0.331. The summed E-state index contributed by atoms with van der Waals surface area (Å²) in [6.45, 7) is 7.71. The molecular weight excluding hydrogens is 533 g/mol. The molecular formula is C30H36FN3O5S. The largest absolute Gasteiger partial charge is 0.494 e. The van der Waals surface area contributed by atoms with Gasteiger partial charge in [-0.05, 0) is 86.8 Å². The summed E-state index contributed by atoms with van der Waals surface area (Å²) >= 11 is 0. The molecule has 0 spiro atoms. The number of rotatable bonds is 13. The zero-order chi connectivity index (χ0) is 29.3. The third-order valence-electron chi connectivity index (χ3n) is 6.46. The highest BCUT2D eigenvalue weighted by molar-refractivity contribution is 7.92. The Kier molecular flexibility index (Phi) is 10.7. The molecule has 0 bridgehead atoms. The molecule has 0 fully saturated rings. The minimum Gasteiger partial charge on any atom is -0.494 e. The summed E-state index contributed by atoms with van der Waals surface area (Å²) in [7, 11) is -4.29. The lowest BCUT2D eigenvalue weighted by Crippen LogP contribution is -2.52. The van der Waals surface area contributed by atoms with Gasteiger partial charge in [0.05, 0.1) is 17.2 Å². The molecule has 8 nitrogen and oxygen atoms in total. The van der Waals surface area contributed by atoms with E-state index in [1.807, 2.05) is 38.1 Å². The number of hydrogen-bond acceptors (Lipinski definition) is 5. The fourth-order valence-electron chi connectivity index (χ4n) is 4.32. The van der Waals surface area contributed by atoms with Gasteiger partial charge in [-0.15, -0.1) is 0 Å². The predicted molar refractivity (Wildman–Crippen MR) is 153 cm³/mol. The summed E-state index contributed by atoms with van der Waals surface area (Å²) < 4.78 is 47.7. The van der Waals surface area contributed by atoms with Gasteiger partial charge < -0.3 is 15.0 Å². The van der Waals surface area contributed by atoms with Crippen LogP contribution >= 0.6 is 0 Å². The van der Waals surface area contributed by atoms with Crippen LogP contribution in [0.2, 0.25) is 0 Å². The van der Waals surface area contributed by atoms with Crippen LogP contribution in [0, 0.1) is 12.7 Å². The summed E-state index contributed by atoms with van der Waals surface area (Å²) in [6, 6.07) is 17.5. The molecule has 3 aromatic rings. The van der Waals surface area contributed by atoms with Crippen molar-refractivity contribution in [3.8, 4) is 5.75 Å². The first-order valence-electron chi connectivity index (χ1n) is 13.2. The van der Waals surface area contributed by atoms with Crippen molar-refractivity contribution in [3.63, 3.8) is 0 Å². The Morgan fingerprint density at radius 3 is 2.17 bits per heavy atom. The van der Waals surface area contributed by atoms with E-state index in [-0.39, 0.29) is 23.0 Å². The van der Waals surface area contributed by atoms with Gasteiger partial charge in [-0.3, -0.25) is 13.9 Å². The standard InChI is InChI=1S/C30H36FN3O5S/c1-5-28(30(36)32-6-2)33(20-23-11-9-8-10-22(23)4)29(35)21-34(25-14-16-26(17-15-25)39-7-3)40(37,38)27-18-12-24(31)13-19-27/h8-19,28H,5-7,20-21H2,1-4H3,(H,32,36)/t28-/m1/s1. The van der Waals surface area contributed by atoms with Crippen molar-refractivity contribution in [2.75, 3.05) is 24.0 Å². The molecule has 10 heteroatoms. The average molecular weight is 570 g/mol.